The van der Waals surface area contributed by atoms with Gasteiger partial charge in [-0.3, -0.25) is 4.79 Å². The molecule has 2 rings (SSSR count). The molecule has 0 radical (unpaired) electrons. The van der Waals surface area contributed by atoms with Gasteiger partial charge in [0.25, 0.3) is 5.91 Å². The van der Waals surface area contributed by atoms with E-state index in [9.17, 15) is 4.79 Å². The van der Waals surface area contributed by atoms with Gasteiger partial charge in [-0.25, -0.2) is 0 Å². The molecule has 0 spiro atoms. The molecular formula is C13H24N2O2. The fourth-order valence-corrected chi connectivity index (χ4v) is 2.83. The van der Waals surface area contributed by atoms with Crippen LogP contribution in [0, 0.1) is 5.92 Å². The summed E-state index contributed by atoms with van der Waals surface area (Å²) < 4.78 is 5.66. The Balaban J connectivity index is 1.81. The van der Waals surface area contributed by atoms with E-state index in [4.69, 9.17) is 10.5 Å². The Morgan fingerprint density at radius 3 is 2.53 bits per heavy atom. The molecule has 4 heteroatoms. The van der Waals surface area contributed by atoms with Crippen LogP contribution in [0.2, 0.25) is 0 Å². The molecule has 0 aromatic rings. The molecule has 0 bridgehead atoms. The third-order valence-corrected chi connectivity index (χ3v) is 4.15. The minimum atomic E-state index is -0.221. The van der Waals surface area contributed by atoms with E-state index in [-0.39, 0.29) is 18.1 Å². The van der Waals surface area contributed by atoms with Crippen molar-refractivity contribution in [3.8, 4) is 0 Å². The Bertz CT molecular complexity index is 262. The van der Waals surface area contributed by atoms with Crippen molar-refractivity contribution in [2.75, 3.05) is 19.6 Å². The summed E-state index contributed by atoms with van der Waals surface area (Å²) in [6, 6.07) is 0. The van der Waals surface area contributed by atoms with Gasteiger partial charge >= 0.3 is 0 Å². The highest BCUT2D eigenvalue weighted by Gasteiger charge is 2.34. The second kappa shape index (κ2) is 5.83. The Morgan fingerprint density at radius 2 is 2.00 bits per heavy atom. The number of likely N-dealkylation sites (tertiary alicyclic amines) is 1. The van der Waals surface area contributed by atoms with Crippen LogP contribution in [0.25, 0.3) is 0 Å². The van der Waals surface area contributed by atoms with Crippen molar-refractivity contribution in [3.05, 3.63) is 0 Å². The monoisotopic (exact) mass is 240 g/mol. The van der Waals surface area contributed by atoms with E-state index < -0.39 is 0 Å². The van der Waals surface area contributed by atoms with Crippen molar-refractivity contribution < 1.29 is 9.53 Å². The number of carbonyl (C=O) groups excluding carboxylic acids is 1. The van der Waals surface area contributed by atoms with Crippen LogP contribution >= 0.6 is 0 Å². The second-order valence-corrected chi connectivity index (χ2v) is 5.24. The van der Waals surface area contributed by atoms with Gasteiger partial charge in [0.05, 0.1) is 6.10 Å². The summed E-state index contributed by atoms with van der Waals surface area (Å²) in [7, 11) is 0. The zero-order chi connectivity index (χ0) is 12.3. The Labute approximate surface area is 103 Å². The van der Waals surface area contributed by atoms with Crippen LogP contribution in [0.15, 0.2) is 0 Å². The van der Waals surface area contributed by atoms with Crippen LogP contribution in [0.5, 0.6) is 0 Å². The molecule has 1 amide bonds. The number of nitrogens with two attached hydrogens (primary N) is 1. The fourth-order valence-electron chi connectivity index (χ4n) is 2.83. The quantitative estimate of drug-likeness (QED) is 0.805. The van der Waals surface area contributed by atoms with E-state index in [0.29, 0.717) is 6.54 Å². The predicted octanol–water partition coefficient (Wildman–Crippen LogP) is 1.14. The molecule has 2 saturated heterocycles. The van der Waals surface area contributed by atoms with Gasteiger partial charge in [-0.15, -0.1) is 0 Å². The smallest absolute Gasteiger partial charge is 0.251 e. The minimum absolute atomic E-state index is 0.0946. The van der Waals surface area contributed by atoms with E-state index in [1.807, 2.05) is 4.90 Å². The third-order valence-electron chi connectivity index (χ3n) is 4.15. The topological polar surface area (TPSA) is 55.6 Å². The lowest BCUT2D eigenvalue weighted by Gasteiger charge is -2.33. The first-order valence-electron chi connectivity index (χ1n) is 6.89. The molecule has 2 fully saturated rings. The summed E-state index contributed by atoms with van der Waals surface area (Å²) >= 11 is 0. The van der Waals surface area contributed by atoms with Crippen LogP contribution < -0.4 is 5.73 Å². The Hall–Kier alpha value is -0.610. The Morgan fingerprint density at radius 1 is 1.29 bits per heavy atom. The van der Waals surface area contributed by atoms with Gasteiger partial charge < -0.3 is 15.4 Å². The predicted molar refractivity (Wildman–Crippen MR) is 66.5 cm³/mol. The van der Waals surface area contributed by atoms with Crippen LogP contribution in [-0.2, 0) is 9.53 Å². The zero-order valence-electron chi connectivity index (χ0n) is 10.7. The lowest BCUT2D eigenvalue weighted by atomic mass is 9.94. The van der Waals surface area contributed by atoms with E-state index in [1.165, 1.54) is 6.42 Å². The maximum Gasteiger partial charge on any atom is 0.251 e. The first-order valence-corrected chi connectivity index (χ1v) is 6.89. The standard InChI is InChI=1S/C13H24N2O2/c1-2-10-5-7-15(8-6-10)13(16)12-4-3-11(9-14)17-12/h10-12H,2-9,14H2,1H3/t11-,12+/m1/s1. The number of nitrogens with zero attached hydrogens (tertiary/aromatic N) is 1. The summed E-state index contributed by atoms with van der Waals surface area (Å²) in [5, 5.41) is 0. The molecule has 2 aliphatic rings. The van der Waals surface area contributed by atoms with Gasteiger partial charge in [0.1, 0.15) is 6.10 Å². The number of amides is 1. The number of hydrogen-bond acceptors (Lipinski definition) is 3. The molecule has 98 valence electrons. The summed E-state index contributed by atoms with van der Waals surface area (Å²) in [6.07, 6.45) is 5.17. The Kier molecular flexibility index (Phi) is 4.40. The molecule has 0 aromatic heterocycles. The SMILES string of the molecule is CCC1CCN(C(=O)[C@@H]2CC[C@H](CN)O2)CC1. The summed E-state index contributed by atoms with van der Waals surface area (Å²) in [5.74, 6) is 0.996. The number of piperidine rings is 1. The third kappa shape index (κ3) is 2.99. The summed E-state index contributed by atoms with van der Waals surface area (Å²) in [6.45, 7) is 4.57. The van der Waals surface area contributed by atoms with Gasteiger partial charge in [0.2, 0.25) is 0 Å². The van der Waals surface area contributed by atoms with Crippen molar-refractivity contribution in [1.29, 1.82) is 0 Å². The highest BCUT2D eigenvalue weighted by atomic mass is 16.5. The van der Waals surface area contributed by atoms with E-state index in [1.54, 1.807) is 0 Å². The lowest BCUT2D eigenvalue weighted by molar-refractivity contribution is -0.144. The first-order chi connectivity index (χ1) is 8.24. The molecular weight excluding hydrogens is 216 g/mol. The maximum absolute atomic E-state index is 12.2. The van der Waals surface area contributed by atoms with Crippen molar-refractivity contribution >= 4 is 5.91 Å². The van der Waals surface area contributed by atoms with E-state index in [2.05, 4.69) is 6.92 Å². The number of carbonyl (C=O) groups is 1. The zero-order valence-corrected chi connectivity index (χ0v) is 10.7. The summed E-state index contributed by atoms with van der Waals surface area (Å²) in [4.78, 5) is 14.2. The van der Waals surface area contributed by atoms with Crippen LogP contribution in [0.4, 0.5) is 0 Å². The van der Waals surface area contributed by atoms with Crippen molar-refractivity contribution in [2.45, 2.75) is 51.2 Å². The number of ether oxygens (including phenoxy) is 1. The molecule has 2 atom stereocenters. The molecule has 0 saturated carbocycles. The van der Waals surface area contributed by atoms with E-state index in [0.717, 1.165) is 44.7 Å². The molecule has 4 nitrogen and oxygen atoms in total. The van der Waals surface area contributed by atoms with Crippen LogP contribution in [-0.4, -0.2) is 42.6 Å². The highest BCUT2D eigenvalue weighted by molar-refractivity contribution is 5.81. The molecule has 0 aromatic carbocycles. The van der Waals surface area contributed by atoms with Crippen molar-refractivity contribution in [1.82, 2.24) is 4.90 Å². The number of hydrogen-bond donors (Lipinski definition) is 1. The van der Waals surface area contributed by atoms with Gasteiger partial charge in [-0.1, -0.05) is 13.3 Å². The van der Waals surface area contributed by atoms with Crippen LogP contribution in [0.1, 0.15) is 39.0 Å². The lowest BCUT2D eigenvalue weighted by Crippen LogP contribution is -2.44. The normalized spacial score (nSPS) is 30.8. The maximum atomic E-state index is 12.2. The molecule has 2 heterocycles. The fraction of sp³-hybridized carbons (Fsp3) is 0.923. The molecule has 2 aliphatic heterocycles. The van der Waals surface area contributed by atoms with Gasteiger partial charge in [0, 0.05) is 19.6 Å². The molecule has 17 heavy (non-hydrogen) atoms. The average molecular weight is 240 g/mol. The molecule has 0 unspecified atom stereocenters. The first kappa shape index (κ1) is 12.8. The molecule has 2 N–H and O–H groups in total. The van der Waals surface area contributed by atoms with E-state index >= 15 is 0 Å². The van der Waals surface area contributed by atoms with Crippen molar-refractivity contribution in [3.63, 3.8) is 0 Å². The van der Waals surface area contributed by atoms with Gasteiger partial charge in [-0.2, -0.15) is 0 Å². The van der Waals surface area contributed by atoms with Gasteiger partial charge in [0.15, 0.2) is 0 Å². The number of rotatable bonds is 3. The van der Waals surface area contributed by atoms with Crippen molar-refractivity contribution in [2.24, 2.45) is 11.7 Å². The van der Waals surface area contributed by atoms with Gasteiger partial charge in [-0.05, 0) is 31.6 Å². The highest BCUT2D eigenvalue weighted by Crippen LogP contribution is 2.24. The molecule has 0 aliphatic carbocycles. The largest absolute Gasteiger partial charge is 0.364 e. The summed E-state index contributed by atoms with van der Waals surface area (Å²) in [5.41, 5.74) is 5.56. The van der Waals surface area contributed by atoms with Crippen LogP contribution in [0.3, 0.4) is 0 Å². The second-order valence-electron chi connectivity index (χ2n) is 5.24. The average Bonchev–Trinajstić information content (AvgIpc) is 2.87. The minimum Gasteiger partial charge on any atom is -0.364 e.